The monoisotopic (exact) mass is 448 g/mol. The van der Waals surface area contributed by atoms with Gasteiger partial charge >= 0.3 is 0 Å². The maximum absolute atomic E-state index is 13.1. The lowest BCUT2D eigenvalue weighted by molar-refractivity contribution is -0.133. The number of amides is 1. The number of fused-ring (bicyclic) bond motifs is 1. The zero-order valence-corrected chi connectivity index (χ0v) is 18.8. The molecule has 1 unspecified atom stereocenters. The third kappa shape index (κ3) is 5.63. The van der Waals surface area contributed by atoms with Crippen molar-refractivity contribution < 1.29 is 14.3 Å². The first-order valence-corrected chi connectivity index (χ1v) is 10.9. The van der Waals surface area contributed by atoms with E-state index in [4.69, 9.17) is 9.47 Å². The highest BCUT2D eigenvalue weighted by molar-refractivity contribution is 5.88. The number of hydrogen-bond donors (Lipinski definition) is 2. The molecule has 4 rings (SSSR count). The van der Waals surface area contributed by atoms with Crippen molar-refractivity contribution in [2.75, 3.05) is 51.2 Å². The van der Waals surface area contributed by atoms with Crippen LogP contribution in [0.5, 0.6) is 0 Å². The Morgan fingerprint density at radius 2 is 1.88 bits per heavy atom. The number of benzene rings is 1. The number of methoxy groups -OCH3 is 2. The highest BCUT2D eigenvalue weighted by atomic mass is 16.5. The number of anilines is 3. The largest absolute Gasteiger partial charge is 0.383 e. The molecule has 0 spiro atoms. The second-order valence-corrected chi connectivity index (χ2v) is 7.69. The van der Waals surface area contributed by atoms with E-state index in [1.807, 2.05) is 42.5 Å². The Kier molecular flexibility index (Phi) is 7.43. The van der Waals surface area contributed by atoms with Crippen molar-refractivity contribution >= 4 is 23.2 Å². The smallest absolute Gasteiger partial charge is 0.245 e. The second-order valence-electron chi connectivity index (χ2n) is 7.69. The van der Waals surface area contributed by atoms with E-state index in [2.05, 4.69) is 25.6 Å². The predicted molar refractivity (Wildman–Crippen MR) is 126 cm³/mol. The summed E-state index contributed by atoms with van der Waals surface area (Å²) in [5.74, 6) is 0.531. The lowest BCUT2D eigenvalue weighted by Crippen LogP contribution is -2.45. The molecule has 1 aliphatic rings. The van der Waals surface area contributed by atoms with Crippen molar-refractivity contribution in [2.45, 2.75) is 12.5 Å². The van der Waals surface area contributed by atoms with Crippen LogP contribution >= 0.6 is 0 Å². The molecule has 0 aliphatic carbocycles. The summed E-state index contributed by atoms with van der Waals surface area (Å²) in [7, 11) is 3.26. The van der Waals surface area contributed by atoms with Crippen LogP contribution in [0.15, 0.2) is 54.9 Å². The van der Waals surface area contributed by atoms with Crippen molar-refractivity contribution in [3.63, 3.8) is 0 Å². The summed E-state index contributed by atoms with van der Waals surface area (Å²) in [6.07, 6.45) is 4.05. The fourth-order valence-electron chi connectivity index (χ4n) is 3.75. The number of hydrogen-bond acceptors (Lipinski definition) is 8. The summed E-state index contributed by atoms with van der Waals surface area (Å²) in [5, 5.41) is 6.61. The van der Waals surface area contributed by atoms with Gasteiger partial charge in [0.1, 0.15) is 6.04 Å². The van der Waals surface area contributed by atoms with Gasteiger partial charge in [0.15, 0.2) is 0 Å². The average Bonchev–Trinajstić information content (AvgIpc) is 3.28. The molecule has 1 aliphatic heterocycles. The summed E-state index contributed by atoms with van der Waals surface area (Å²) < 4.78 is 10.3. The lowest BCUT2D eigenvalue weighted by Gasteiger charge is -2.25. The molecule has 0 saturated carbocycles. The topological polar surface area (TPSA) is 102 Å². The van der Waals surface area contributed by atoms with Crippen LogP contribution in [0.1, 0.15) is 5.56 Å². The minimum absolute atomic E-state index is 0.0428. The van der Waals surface area contributed by atoms with Crippen molar-refractivity contribution in [2.24, 2.45) is 0 Å². The molecule has 0 radical (unpaired) electrons. The highest BCUT2D eigenvalue weighted by Crippen LogP contribution is 2.30. The first-order valence-electron chi connectivity index (χ1n) is 10.9. The van der Waals surface area contributed by atoms with E-state index in [1.54, 1.807) is 31.5 Å². The Morgan fingerprint density at radius 3 is 2.61 bits per heavy atom. The highest BCUT2D eigenvalue weighted by Gasteiger charge is 2.30. The zero-order valence-electron chi connectivity index (χ0n) is 18.8. The van der Waals surface area contributed by atoms with Gasteiger partial charge < -0.3 is 25.0 Å². The summed E-state index contributed by atoms with van der Waals surface area (Å²) in [6, 6.07) is 13.2. The van der Waals surface area contributed by atoms with E-state index < -0.39 is 0 Å². The van der Waals surface area contributed by atoms with Crippen LogP contribution in [-0.4, -0.2) is 72.3 Å². The van der Waals surface area contributed by atoms with Crippen molar-refractivity contribution in [3.8, 4) is 11.4 Å². The Hall–Kier alpha value is -3.56. The van der Waals surface area contributed by atoms with Crippen LogP contribution in [0.3, 0.4) is 0 Å². The number of pyridine rings is 1. The first kappa shape index (κ1) is 22.6. The number of rotatable bonds is 10. The maximum Gasteiger partial charge on any atom is 0.245 e. The number of aromatic nitrogens is 3. The summed E-state index contributed by atoms with van der Waals surface area (Å²) in [6.45, 7) is 2.04. The predicted octanol–water partition coefficient (Wildman–Crippen LogP) is 2.74. The van der Waals surface area contributed by atoms with Crippen LogP contribution in [-0.2, 0) is 20.7 Å². The molecule has 3 heterocycles. The molecule has 0 saturated heterocycles. The van der Waals surface area contributed by atoms with Gasteiger partial charge in [-0.1, -0.05) is 6.07 Å². The fraction of sp³-hybridized carbons (Fsp3) is 0.333. The van der Waals surface area contributed by atoms with Crippen LogP contribution in [0, 0.1) is 0 Å². The van der Waals surface area contributed by atoms with Crippen LogP contribution in [0.4, 0.5) is 17.3 Å². The molecule has 33 heavy (non-hydrogen) atoms. The van der Waals surface area contributed by atoms with Crippen molar-refractivity contribution in [1.82, 2.24) is 19.9 Å². The maximum atomic E-state index is 13.1. The number of nitrogens with zero attached hydrogens (tertiary/aromatic N) is 4. The summed E-state index contributed by atoms with van der Waals surface area (Å²) in [4.78, 5) is 28.1. The van der Waals surface area contributed by atoms with E-state index in [0.29, 0.717) is 38.7 Å². The van der Waals surface area contributed by atoms with Gasteiger partial charge in [-0.3, -0.25) is 9.78 Å². The van der Waals surface area contributed by atoms with E-state index in [9.17, 15) is 4.79 Å². The number of carbonyl (C=O) groups excluding carboxylic acids is 1. The molecule has 1 aromatic carbocycles. The fourth-order valence-corrected chi connectivity index (χ4v) is 3.75. The minimum atomic E-state index is -0.312. The van der Waals surface area contributed by atoms with Gasteiger partial charge in [-0.25, -0.2) is 9.97 Å². The molecule has 9 nitrogen and oxygen atoms in total. The minimum Gasteiger partial charge on any atom is -0.383 e. The van der Waals surface area contributed by atoms with E-state index in [1.165, 1.54) is 0 Å². The van der Waals surface area contributed by atoms with Crippen molar-refractivity contribution in [1.29, 1.82) is 0 Å². The average molecular weight is 449 g/mol. The number of ether oxygens (including phenoxy) is 2. The zero-order chi connectivity index (χ0) is 23.0. The van der Waals surface area contributed by atoms with Crippen LogP contribution < -0.4 is 10.6 Å². The molecule has 2 aromatic heterocycles. The Labute approximate surface area is 193 Å². The van der Waals surface area contributed by atoms with Gasteiger partial charge in [-0.2, -0.15) is 0 Å². The standard InChI is InChI=1S/C24H28N6O3/c1-32-13-11-30(12-14-33-2)23(31)22-16-17-15-18(6-7-19(17)28-22)27-24-26-10-8-21(29-24)20-5-3-4-9-25-20/h3-10,15,22,28H,11-14,16H2,1-2H3,(H,26,27,29). The van der Waals surface area contributed by atoms with E-state index in [0.717, 1.165) is 28.3 Å². The van der Waals surface area contributed by atoms with E-state index in [-0.39, 0.29) is 11.9 Å². The lowest BCUT2D eigenvalue weighted by atomic mass is 10.1. The summed E-state index contributed by atoms with van der Waals surface area (Å²) in [5.41, 5.74) is 4.42. The van der Waals surface area contributed by atoms with Crippen LogP contribution in [0.25, 0.3) is 11.4 Å². The molecular weight excluding hydrogens is 420 g/mol. The third-order valence-electron chi connectivity index (χ3n) is 5.44. The molecule has 172 valence electrons. The second kappa shape index (κ2) is 10.8. The first-order chi connectivity index (χ1) is 16.2. The molecule has 0 bridgehead atoms. The molecule has 0 fully saturated rings. The van der Waals surface area contributed by atoms with E-state index >= 15 is 0 Å². The van der Waals surface area contributed by atoms with Gasteiger partial charge in [0.25, 0.3) is 0 Å². The molecule has 2 N–H and O–H groups in total. The third-order valence-corrected chi connectivity index (χ3v) is 5.44. The Balaban J connectivity index is 1.44. The van der Waals surface area contributed by atoms with Gasteiger partial charge in [0, 0.05) is 57.5 Å². The molecular formula is C24H28N6O3. The molecule has 3 aromatic rings. The van der Waals surface area contributed by atoms with Gasteiger partial charge in [0.05, 0.1) is 24.6 Å². The molecule has 1 amide bonds. The van der Waals surface area contributed by atoms with Gasteiger partial charge in [-0.15, -0.1) is 0 Å². The quantitative estimate of drug-likeness (QED) is 0.488. The Morgan fingerprint density at radius 1 is 1.06 bits per heavy atom. The summed E-state index contributed by atoms with van der Waals surface area (Å²) >= 11 is 0. The van der Waals surface area contributed by atoms with Gasteiger partial charge in [0.2, 0.25) is 11.9 Å². The number of nitrogens with one attached hydrogen (secondary N) is 2. The number of carbonyl (C=O) groups is 1. The van der Waals surface area contributed by atoms with Gasteiger partial charge in [-0.05, 0) is 42.0 Å². The SMILES string of the molecule is COCCN(CCOC)C(=O)C1Cc2cc(Nc3nccc(-c4ccccn4)n3)ccc2N1. The molecule has 9 heteroatoms. The molecule has 1 atom stereocenters. The normalized spacial score (nSPS) is 14.4. The Bertz CT molecular complexity index is 1070. The van der Waals surface area contributed by atoms with Crippen LogP contribution in [0.2, 0.25) is 0 Å². The van der Waals surface area contributed by atoms with Crippen molar-refractivity contribution in [3.05, 3.63) is 60.4 Å².